The van der Waals surface area contributed by atoms with E-state index in [0.717, 1.165) is 5.56 Å². The number of rotatable bonds is 10. The number of ether oxygens (including phenoxy) is 3. The summed E-state index contributed by atoms with van der Waals surface area (Å²) < 4.78 is 16.9. The van der Waals surface area contributed by atoms with E-state index in [1.165, 1.54) is 34.3 Å². The summed E-state index contributed by atoms with van der Waals surface area (Å²) in [6.45, 7) is 1.07. The van der Waals surface area contributed by atoms with E-state index < -0.39 is 29.4 Å². The highest BCUT2D eigenvalue weighted by molar-refractivity contribution is 5.87. The van der Waals surface area contributed by atoms with Gasteiger partial charge in [0.25, 0.3) is 0 Å². The van der Waals surface area contributed by atoms with Crippen LogP contribution in [0, 0.1) is 0 Å². The summed E-state index contributed by atoms with van der Waals surface area (Å²) in [6, 6.07) is 13.2. The van der Waals surface area contributed by atoms with Crippen LogP contribution in [-0.4, -0.2) is 50.8 Å². The summed E-state index contributed by atoms with van der Waals surface area (Å²) in [5.74, 6) is -0.778. The molecular weight excluding hydrogens is 542 g/mol. The van der Waals surface area contributed by atoms with Gasteiger partial charge in [-0.15, -0.1) is 0 Å². The van der Waals surface area contributed by atoms with Gasteiger partial charge in [0.15, 0.2) is 17.5 Å². The first-order valence-corrected chi connectivity index (χ1v) is 13.3. The number of hydrogen-bond donors (Lipinski definition) is 4. The zero-order chi connectivity index (χ0) is 30.4. The molecule has 0 radical (unpaired) electrons. The lowest BCUT2D eigenvalue weighted by Crippen LogP contribution is -2.37. The molecule has 0 saturated carbocycles. The van der Waals surface area contributed by atoms with Crippen LogP contribution < -0.4 is 35.6 Å². The van der Waals surface area contributed by atoms with Crippen LogP contribution in [-0.2, 0) is 20.8 Å². The lowest BCUT2D eigenvalue weighted by atomic mass is 9.95. The number of carboxylic acids is 1. The fraction of sp³-hybridized carbons (Fsp3) is 0.290. The summed E-state index contributed by atoms with van der Waals surface area (Å²) >= 11 is 0. The Bertz CT molecular complexity index is 1560. The van der Waals surface area contributed by atoms with E-state index in [9.17, 15) is 24.3 Å². The molecule has 3 aromatic rings. The summed E-state index contributed by atoms with van der Waals surface area (Å²) in [5, 5.41) is 17.9. The van der Waals surface area contributed by atoms with Gasteiger partial charge in [0.2, 0.25) is 23.0 Å². The highest BCUT2D eigenvalue weighted by atomic mass is 16.5. The second-order valence-electron chi connectivity index (χ2n) is 9.70. The normalized spacial score (nSPS) is 14.2. The van der Waals surface area contributed by atoms with Crippen LogP contribution in [0.2, 0.25) is 0 Å². The van der Waals surface area contributed by atoms with Gasteiger partial charge in [0.1, 0.15) is 0 Å². The Hall–Kier alpha value is -5.06. The third kappa shape index (κ3) is 6.30. The minimum Gasteiger partial charge on any atom is -0.493 e. The van der Waals surface area contributed by atoms with E-state index in [4.69, 9.17) is 14.2 Å². The monoisotopic (exact) mass is 575 g/mol. The number of carbonyl (C=O) groups excluding carboxylic acids is 2. The molecule has 0 heterocycles. The van der Waals surface area contributed by atoms with Gasteiger partial charge in [0, 0.05) is 12.5 Å². The van der Waals surface area contributed by atoms with E-state index in [0.29, 0.717) is 52.3 Å². The Balaban J connectivity index is 1.73. The van der Waals surface area contributed by atoms with E-state index in [2.05, 4.69) is 16.0 Å². The number of anilines is 1. The molecule has 0 spiro atoms. The molecule has 0 bridgehead atoms. The smallest absolute Gasteiger partial charge is 0.330 e. The van der Waals surface area contributed by atoms with Crippen LogP contribution in [0.4, 0.5) is 5.69 Å². The maximum absolute atomic E-state index is 13.4. The summed E-state index contributed by atoms with van der Waals surface area (Å²) in [5.41, 5.74) is 2.92. The van der Waals surface area contributed by atoms with Crippen LogP contribution >= 0.6 is 0 Å². The average molecular weight is 576 g/mol. The number of nitrogens with one attached hydrogen (secondary N) is 3. The highest BCUT2D eigenvalue weighted by Crippen LogP contribution is 2.50. The van der Waals surface area contributed by atoms with Crippen LogP contribution in [0.25, 0.3) is 11.1 Å². The molecule has 0 aliphatic heterocycles. The van der Waals surface area contributed by atoms with Gasteiger partial charge in [0.05, 0.1) is 39.6 Å². The predicted molar refractivity (Wildman–Crippen MR) is 156 cm³/mol. The minimum atomic E-state index is -1.25. The van der Waals surface area contributed by atoms with Crippen molar-refractivity contribution in [2.75, 3.05) is 33.2 Å². The van der Waals surface area contributed by atoms with E-state index in [1.54, 1.807) is 42.5 Å². The number of aliphatic carboxylic acids is 1. The fourth-order valence-corrected chi connectivity index (χ4v) is 5.17. The van der Waals surface area contributed by atoms with Gasteiger partial charge in [-0.05, 0) is 53.3 Å². The number of carbonyl (C=O) groups is 3. The summed E-state index contributed by atoms with van der Waals surface area (Å²) in [6.07, 6.45) is 1.06. The zero-order valence-electron chi connectivity index (χ0n) is 23.8. The van der Waals surface area contributed by atoms with E-state index in [-0.39, 0.29) is 18.1 Å². The quantitative estimate of drug-likeness (QED) is 0.286. The predicted octanol–water partition coefficient (Wildman–Crippen LogP) is 3.22. The molecule has 2 atom stereocenters. The molecule has 0 saturated heterocycles. The molecule has 3 aromatic carbocycles. The number of aryl methyl sites for hydroxylation is 1. The van der Waals surface area contributed by atoms with Crippen molar-refractivity contribution < 1.29 is 33.7 Å². The van der Waals surface area contributed by atoms with Gasteiger partial charge in [-0.25, -0.2) is 4.79 Å². The van der Waals surface area contributed by atoms with Gasteiger partial charge in [-0.3, -0.25) is 14.4 Å². The van der Waals surface area contributed by atoms with Crippen molar-refractivity contribution in [3.05, 3.63) is 81.5 Å². The van der Waals surface area contributed by atoms with Crippen molar-refractivity contribution in [3.63, 3.8) is 0 Å². The summed E-state index contributed by atoms with van der Waals surface area (Å²) in [7, 11) is 4.55. The number of fused-ring (bicyclic) bond motifs is 3. The van der Waals surface area contributed by atoms with Crippen LogP contribution in [0.15, 0.2) is 59.4 Å². The molecule has 4 N–H and O–H groups in total. The van der Waals surface area contributed by atoms with E-state index >= 15 is 0 Å². The number of hydrogen-bond acceptors (Lipinski definition) is 8. The molecule has 220 valence electrons. The van der Waals surface area contributed by atoms with E-state index in [1.807, 2.05) is 6.07 Å². The first-order valence-electron chi connectivity index (χ1n) is 13.3. The molecule has 42 heavy (non-hydrogen) atoms. The van der Waals surface area contributed by atoms with Crippen molar-refractivity contribution in [1.82, 2.24) is 10.6 Å². The van der Waals surface area contributed by atoms with Gasteiger partial charge in [-0.2, -0.15) is 0 Å². The first-order chi connectivity index (χ1) is 20.2. The summed E-state index contributed by atoms with van der Waals surface area (Å²) in [4.78, 5) is 50.0. The molecule has 0 aromatic heterocycles. The number of amides is 2. The van der Waals surface area contributed by atoms with Gasteiger partial charge in [-0.1, -0.05) is 36.4 Å². The van der Waals surface area contributed by atoms with Gasteiger partial charge >= 0.3 is 5.97 Å². The Labute approximate surface area is 242 Å². The Kier molecular flexibility index (Phi) is 9.31. The molecule has 0 fully saturated rings. The molecule has 2 amide bonds. The van der Waals surface area contributed by atoms with Crippen molar-refractivity contribution in [1.29, 1.82) is 0 Å². The molecule has 4 rings (SSSR count). The lowest BCUT2D eigenvalue weighted by Gasteiger charge is -2.19. The van der Waals surface area contributed by atoms with Crippen molar-refractivity contribution in [2.24, 2.45) is 0 Å². The SMILES string of the molecule is COc1cc2c(c(OC)c1OC)-c1ccc(NCC(=O)NC(C(=O)O)c3ccccc3)c(=O)cc1C(NC(C)=O)CC2. The first kappa shape index (κ1) is 29.9. The molecule has 2 unspecified atom stereocenters. The van der Waals surface area contributed by atoms with Gasteiger partial charge < -0.3 is 35.3 Å². The Morgan fingerprint density at radius 1 is 0.976 bits per heavy atom. The maximum Gasteiger partial charge on any atom is 0.330 e. The lowest BCUT2D eigenvalue weighted by molar-refractivity contribution is -0.141. The Morgan fingerprint density at radius 2 is 1.69 bits per heavy atom. The van der Waals surface area contributed by atoms with Crippen LogP contribution in [0.1, 0.15) is 42.1 Å². The Morgan fingerprint density at radius 3 is 2.31 bits per heavy atom. The largest absolute Gasteiger partial charge is 0.493 e. The number of methoxy groups -OCH3 is 3. The van der Waals surface area contributed by atoms with Crippen LogP contribution in [0.3, 0.4) is 0 Å². The van der Waals surface area contributed by atoms with Crippen molar-refractivity contribution >= 4 is 23.5 Å². The third-order valence-corrected chi connectivity index (χ3v) is 7.04. The zero-order valence-corrected chi connectivity index (χ0v) is 23.8. The fourth-order valence-electron chi connectivity index (χ4n) is 5.17. The molecule has 11 heteroatoms. The molecular formula is C31H33N3O8. The maximum atomic E-state index is 13.4. The average Bonchev–Trinajstić information content (AvgIpc) is 3.22. The molecule has 11 nitrogen and oxygen atoms in total. The second kappa shape index (κ2) is 13.1. The second-order valence-corrected chi connectivity index (χ2v) is 9.70. The standard InChI is InChI=1S/C31H33N3O8/c1-17(35)33-22-12-10-19-14-25(40-2)29(41-3)30(42-4)27(19)20-11-13-23(24(36)15-21(20)22)32-16-26(37)34-28(31(38)39)18-8-6-5-7-9-18/h5-9,11,13-15,22,28H,10,12,16H2,1-4H3,(H,32,36)(H,33,35)(H,34,37)(H,38,39). The highest BCUT2D eigenvalue weighted by Gasteiger charge is 2.29. The molecule has 1 aliphatic carbocycles. The number of benzene rings is 2. The van der Waals surface area contributed by atoms with Crippen LogP contribution in [0.5, 0.6) is 17.2 Å². The minimum absolute atomic E-state index is 0.118. The third-order valence-electron chi connectivity index (χ3n) is 7.04. The van der Waals surface area contributed by atoms with Crippen molar-refractivity contribution in [3.8, 4) is 28.4 Å². The van der Waals surface area contributed by atoms with Crippen molar-refractivity contribution in [2.45, 2.75) is 31.8 Å². The topological polar surface area (TPSA) is 152 Å². The number of carboxylic acid groups (broad SMARTS) is 1. The molecule has 1 aliphatic rings.